The van der Waals surface area contributed by atoms with E-state index in [1.807, 2.05) is 6.92 Å². The maximum absolute atomic E-state index is 13.6. The quantitative estimate of drug-likeness (QED) is 0.299. The van der Waals surface area contributed by atoms with Crippen molar-refractivity contribution in [2.24, 2.45) is 0 Å². The Bertz CT molecular complexity index is 612. The van der Waals surface area contributed by atoms with Crippen molar-refractivity contribution >= 4 is 11.9 Å². The van der Waals surface area contributed by atoms with Gasteiger partial charge in [0.05, 0.1) is 6.61 Å². The molecule has 0 spiro atoms. The van der Waals surface area contributed by atoms with Gasteiger partial charge in [0.2, 0.25) is 5.91 Å². The number of hydrazine groups is 1. The van der Waals surface area contributed by atoms with E-state index in [1.165, 1.54) is 11.0 Å². The molecule has 1 aliphatic rings. The number of rotatable bonds is 12. The average molecular weight is 366 g/mol. The van der Waals surface area contributed by atoms with Crippen LogP contribution in [0.4, 0.5) is 9.18 Å². The monoisotopic (exact) mass is 366 g/mol. The molecule has 26 heavy (non-hydrogen) atoms. The van der Waals surface area contributed by atoms with Gasteiger partial charge in [0, 0.05) is 19.6 Å². The number of carbonyl (C=O) groups excluding carboxylic acids is 2. The van der Waals surface area contributed by atoms with Gasteiger partial charge in [-0.15, -0.1) is 0 Å². The van der Waals surface area contributed by atoms with Gasteiger partial charge in [-0.05, 0) is 37.0 Å². The molecular formula is C18H27FN4O3. The van der Waals surface area contributed by atoms with Gasteiger partial charge in [-0.2, -0.15) is 0 Å². The average Bonchev–Trinajstić information content (AvgIpc) is 2.94. The normalized spacial score (nSPS) is 14.0. The first-order chi connectivity index (χ1) is 12.6. The SMILES string of the molecule is CCCOc1cc(CNNCCCCCN2CC(=O)NC2=O)ccc1F. The Balaban J connectivity index is 1.54. The lowest BCUT2D eigenvalue weighted by Crippen LogP contribution is -2.32. The highest BCUT2D eigenvalue weighted by Gasteiger charge is 2.25. The van der Waals surface area contributed by atoms with Crippen molar-refractivity contribution in [2.75, 3.05) is 26.2 Å². The number of nitrogens with one attached hydrogen (secondary N) is 3. The minimum atomic E-state index is -0.344. The summed E-state index contributed by atoms with van der Waals surface area (Å²) in [4.78, 5) is 24.0. The number of hydrogen-bond donors (Lipinski definition) is 3. The Morgan fingerprint density at radius 1 is 1.23 bits per heavy atom. The van der Waals surface area contributed by atoms with Crippen molar-refractivity contribution in [2.45, 2.75) is 39.2 Å². The topological polar surface area (TPSA) is 82.7 Å². The summed E-state index contributed by atoms with van der Waals surface area (Å²) in [5.74, 6) is -0.288. The first-order valence-electron chi connectivity index (χ1n) is 9.06. The van der Waals surface area contributed by atoms with Crippen molar-refractivity contribution < 1.29 is 18.7 Å². The molecule has 0 radical (unpaired) electrons. The van der Waals surface area contributed by atoms with Crippen LogP contribution in [0.25, 0.3) is 0 Å². The Labute approximate surface area is 153 Å². The fraction of sp³-hybridized carbons (Fsp3) is 0.556. The van der Waals surface area contributed by atoms with Gasteiger partial charge in [0.15, 0.2) is 11.6 Å². The fourth-order valence-electron chi connectivity index (χ4n) is 2.59. The minimum Gasteiger partial charge on any atom is -0.491 e. The molecular weight excluding hydrogens is 339 g/mol. The van der Waals surface area contributed by atoms with Crippen LogP contribution in [0.1, 0.15) is 38.2 Å². The number of unbranched alkanes of at least 4 members (excludes halogenated alkanes) is 2. The molecule has 7 nitrogen and oxygen atoms in total. The van der Waals surface area contributed by atoms with Crippen molar-refractivity contribution in [3.63, 3.8) is 0 Å². The van der Waals surface area contributed by atoms with Crippen molar-refractivity contribution in [1.29, 1.82) is 0 Å². The third-order valence-electron chi connectivity index (χ3n) is 3.97. The lowest BCUT2D eigenvalue weighted by atomic mass is 10.2. The number of hydrogen-bond acceptors (Lipinski definition) is 5. The van der Waals surface area contributed by atoms with Crippen LogP contribution in [0.3, 0.4) is 0 Å². The number of urea groups is 1. The molecule has 3 amide bonds. The lowest BCUT2D eigenvalue weighted by molar-refractivity contribution is -0.118. The summed E-state index contributed by atoms with van der Waals surface area (Å²) in [6.45, 7) is 4.59. The minimum absolute atomic E-state index is 0.167. The van der Waals surface area contributed by atoms with Gasteiger partial charge < -0.3 is 9.64 Å². The Hall–Kier alpha value is -2.19. The van der Waals surface area contributed by atoms with Crippen LogP contribution in [0.2, 0.25) is 0 Å². The molecule has 8 heteroatoms. The second kappa shape index (κ2) is 10.7. The van der Waals surface area contributed by atoms with Crippen LogP contribution in [0.5, 0.6) is 5.75 Å². The van der Waals surface area contributed by atoms with E-state index in [2.05, 4.69) is 16.2 Å². The zero-order chi connectivity index (χ0) is 18.8. The Morgan fingerprint density at radius 3 is 2.81 bits per heavy atom. The molecule has 1 aliphatic heterocycles. The second-order valence-electron chi connectivity index (χ2n) is 6.23. The largest absolute Gasteiger partial charge is 0.491 e. The molecule has 0 saturated carbocycles. The van der Waals surface area contributed by atoms with Crippen molar-refractivity contribution in [3.8, 4) is 5.75 Å². The highest BCUT2D eigenvalue weighted by atomic mass is 19.1. The van der Waals surface area contributed by atoms with E-state index < -0.39 is 0 Å². The van der Waals surface area contributed by atoms with Crippen LogP contribution in [-0.2, 0) is 11.3 Å². The summed E-state index contributed by atoms with van der Waals surface area (Å²) in [6.07, 6.45) is 3.60. The smallest absolute Gasteiger partial charge is 0.324 e. The van der Waals surface area contributed by atoms with Gasteiger partial charge in [-0.3, -0.25) is 21.0 Å². The maximum Gasteiger partial charge on any atom is 0.324 e. The third kappa shape index (κ3) is 6.61. The second-order valence-corrected chi connectivity index (χ2v) is 6.23. The van der Waals surface area contributed by atoms with E-state index in [0.717, 1.165) is 37.8 Å². The number of amides is 3. The number of nitrogens with zero attached hydrogens (tertiary/aromatic N) is 1. The molecule has 2 rings (SSSR count). The highest BCUT2D eigenvalue weighted by Crippen LogP contribution is 2.18. The van der Waals surface area contributed by atoms with Gasteiger partial charge in [-0.1, -0.05) is 19.4 Å². The first kappa shape index (κ1) is 20.1. The molecule has 144 valence electrons. The molecule has 1 saturated heterocycles. The summed E-state index contributed by atoms with van der Waals surface area (Å²) < 4.78 is 19.0. The van der Waals surface area contributed by atoms with Crippen LogP contribution in [-0.4, -0.2) is 43.1 Å². The summed E-state index contributed by atoms with van der Waals surface area (Å²) in [5.41, 5.74) is 7.17. The van der Waals surface area contributed by atoms with Gasteiger partial charge >= 0.3 is 6.03 Å². The number of halogens is 1. The molecule has 1 aromatic rings. The number of imide groups is 1. The van der Waals surface area contributed by atoms with Crippen LogP contribution in [0.15, 0.2) is 18.2 Å². The summed E-state index contributed by atoms with van der Waals surface area (Å²) in [5, 5.41) is 2.26. The molecule has 0 bridgehead atoms. The van der Waals surface area contributed by atoms with E-state index in [9.17, 15) is 14.0 Å². The molecule has 1 heterocycles. The Morgan fingerprint density at radius 2 is 2.08 bits per heavy atom. The molecule has 1 aromatic carbocycles. The standard InChI is InChI=1S/C18H27FN4O3/c1-2-10-26-16-11-14(6-7-15(16)19)12-21-20-8-4-3-5-9-23-13-17(24)22-18(23)25/h6-7,11,20-21H,2-5,8-10,12-13H2,1H3,(H,22,24,25). The first-order valence-corrected chi connectivity index (χ1v) is 9.06. The number of ether oxygens (including phenoxy) is 1. The summed E-state index contributed by atoms with van der Waals surface area (Å²) in [6, 6.07) is 4.56. The van der Waals surface area contributed by atoms with E-state index >= 15 is 0 Å². The third-order valence-corrected chi connectivity index (χ3v) is 3.97. The van der Waals surface area contributed by atoms with E-state index in [4.69, 9.17) is 4.74 Å². The molecule has 0 unspecified atom stereocenters. The van der Waals surface area contributed by atoms with Gasteiger partial charge in [0.25, 0.3) is 0 Å². The van der Waals surface area contributed by atoms with E-state index in [-0.39, 0.29) is 30.0 Å². The maximum atomic E-state index is 13.6. The summed E-state index contributed by atoms with van der Waals surface area (Å²) >= 11 is 0. The Kier molecular flexibility index (Phi) is 8.30. The summed E-state index contributed by atoms with van der Waals surface area (Å²) in [7, 11) is 0. The van der Waals surface area contributed by atoms with E-state index in [1.54, 1.807) is 12.1 Å². The molecule has 0 aliphatic carbocycles. The van der Waals surface area contributed by atoms with E-state index in [0.29, 0.717) is 19.7 Å². The molecule has 1 fully saturated rings. The van der Waals surface area contributed by atoms with Crippen molar-refractivity contribution in [1.82, 2.24) is 21.1 Å². The van der Waals surface area contributed by atoms with Crippen LogP contribution < -0.4 is 20.9 Å². The van der Waals surface area contributed by atoms with Crippen molar-refractivity contribution in [3.05, 3.63) is 29.6 Å². The molecule has 0 atom stereocenters. The molecule has 3 N–H and O–H groups in total. The lowest BCUT2D eigenvalue weighted by Gasteiger charge is -2.13. The van der Waals surface area contributed by atoms with Gasteiger partial charge in [-0.25, -0.2) is 9.18 Å². The van der Waals surface area contributed by atoms with Gasteiger partial charge in [0.1, 0.15) is 6.54 Å². The fourth-order valence-corrected chi connectivity index (χ4v) is 2.59. The highest BCUT2D eigenvalue weighted by molar-refractivity contribution is 6.01. The predicted molar refractivity (Wildman–Crippen MR) is 96.0 cm³/mol. The molecule has 0 aromatic heterocycles. The zero-order valence-corrected chi connectivity index (χ0v) is 15.1. The predicted octanol–water partition coefficient (Wildman–Crippen LogP) is 1.93. The van der Waals surface area contributed by atoms with Crippen LogP contribution in [0, 0.1) is 5.82 Å². The zero-order valence-electron chi connectivity index (χ0n) is 15.1. The number of benzene rings is 1. The van der Waals surface area contributed by atoms with Crippen LogP contribution >= 0.6 is 0 Å². The number of carbonyl (C=O) groups is 2.